The molecule has 0 amide bonds. The van der Waals surface area contributed by atoms with E-state index in [1.807, 2.05) is 18.2 Å². The van der Waals surface area contributed by atoms with Crippen LogP contribution in [0, 0.1) is 0 Å². The van der Waals surface area contributed by atoms with E-state index in [1.54, 1.807) is 14.2 Å². The monoisotopic (exact) mass is 315 g/mol. The second-order valence-corrected chi connectivity index (χ2v) is 5.62. The molecule has 2 aliphatic rings. The third-order valence-electron chi connectivity index (χ3n) is 4.26. The van der Waals surface area contributed by atoms with Crippen molar-refractivity contribution >= 4 is 10.9 Å². The van der Waals surface area contributed by atoms with Gasteiger partial charge in [-0.15, -0.1) is 0 Å². The highest BCUT2D eigenvalue weighted by molar-refractivity contribution is 5.89. The lowest BCUT2D eigenvalue weighted by Gasteiger charge is -2.10. The molecule has 2 aliphatic carbocycles. The molecular weight excluding hydrogens is 298 g/mol. The molecule has 0 unspecified atom stereocenters. The minimum absolute atomic E-state index is 0.688. The van der Waals surface area contributed by atoms with Gasteiger partial charge in [-0.25, -0.2) is 4.98 Å². The predicted octanol–water partition coefficient (Wildman–Crippen LogP) is 5.02. The second-order valence-electron chi connectivity index (χ2n) is 5.62. The van der Waals surface area contributed by atoms with Gasteiger partial charge in [0.25, 0.3) is 0 Å². The van der Waals surface area contributed by atoms with Crippen LogP contribution in [0.3, 0.4) is 0 Å². The Morgan fingerprint density at radius 2 is 1.50 bits per heavy atom. The summed E-state index contributed by atoms with van der Waals surface area (Å²) < 4.78 is 10.8. The van der Waals surface area contributed by atoms with E-state index < -0.39 is 0 Å². The normalized spacial score (nSPS) is 10.9. The Labute approximate surface area is 140 Å². The van der Waals surface area contributed by atoms with Crippen LogP contribution in [0.1, 0.15) is 0 Å². The molecule has 4 rings (SSSR count). The molecule has 0 N–H and O–H groups in total. The van der Waals surface area contributed by atoms with Gasteiger partial charge >= 0.3 is 0 Å². The summed E-state index contributed by atoms with van der Waals surface area (Å²) in [4.78, 5) is 4.84. The molecule has 0 radical (unpaired) electrons. The van der Waals surface area contributed by atoms with Gasteiger partial charge in [0.05, 0.1) is 25.4 Å². The molecule has 1 heterocycles. The van der Waals surface area contributed by atoms with Gasteiger partial charge in [0.2, 0.25) is 0 Å². The van der Waals surface area contributed by atoms with Gasteiger partial charge in [0.1, 0.15) is 0 Å². The molecule has 2 aromatic rings. The molecule has 1 aromatic carbocycles. The highest BCUT2D eigenvalue weighted by Gasteiger charge is 2.12. The van der Waals surface area contributed by atoms with Crippen molar-refractivity contribution in [1.29, 1.82) is 0 Å². The number of fused-ring (bicyclic) bond motifs is 2. The highest BCUT2D eigenvalue weighted by atomic mass is 16.5. The number of nitrogens with zero attached hydrogens (tertiary/aromatic N) is 1. The zero-order valence-corrected chi connectivity index (χ0v) is 13.6. The number of ether oxygens (including phenoxy) is 2. The Morgan fingerprint density at radius 3 is 2.33 bits per heavy atom. The van der Waals surface area contributed by atoms with E-state index in [4.69, 9.17) is 14.5 Å². The molecule has 1 aromatic heterocycles. The smallest absolute Gasteiger partial charge is 0.162 e. The van der Waals surface area contributed by atoms with E-state index in [0.717, 1.165) is 22.2 Å². The molecule has 0 fully saturated rings. The number of aromatic nitrogens is 1. The van der Waals surface area contributed by atoms with Crippen molar-refractivity contribution in [2.24, 2.45) is 0 Å². The Morgan fingerprint density at radius 1 is 0.708 bits per heavy atom. The Hall–Kier alpha value is -3.07. The maximum Gasteiger partial charge on any atom is 0.162 e. The third kappa shape index (κ3) is 2.35. The Balaban J connectivity index is 1.89. The molecule has 118 valence electrons. The van der Waals surface area contributed by atoms with Crippen molar-refractivity contribution in [2.75, 3.05) is 14.2 Å². The van der Waals surface area contributed by atoms with Gasteiger partial charge in [-0.3, -0.25) is 0 Å². The van der Waals surface area contributed by atoms with Crippen LogP contribution >= 0.6 is 0 Å². The number of pyridine rings is 1. The van der Waals surface area contributed by atoms with Crippen molar-refractivity contribution < 1.29 is 9.47 Å². The predicted molar refractivity (Wildman–Crippen MR) is 96.9 cm³/mol. The van der Waals surface area contributed by atoms with Crippen LogP contribution < -0.4 is 9.47 Å². The minimum atomic E-state index is 0.688. The molecule has 0 saturated carbocycles. The van der Waals surface area contributed by atoms with Gasteiger partial charge in [0.15, 0.2) is 11.5 Å². The summed E-state index contributed by atoms with van der Waals surface area (Å²) >= 11 is 0. The summed E-state index contributed by atoms with van der Waals surface area (Å²) in [5.41, 5.74) is 5.39. The van der Waals surface area contributed by atoms with Gasteiger partial charge in [0, 0.05) is 17.0 Å². The number of benzene rings is 1. The largest absolute Gasteiger partial charge is 0.493 e. The summed E-state index contributed by atoms with van der Waals surface area (Å²) in [7, 11) is 3.28. The number of rotatable bonds is 3. The first-order valence-corrected chi connectivity index (χ1v) is 7.81. The standard InChI is InChI=1S/C21H17NO2/c1-23-20-12-15-9-11-18(22-19(15)13-21(20)24-2)17-10-8-14-6-4-3-5-7-16(14)17/h3-13H,1-2H3. The van der Waals surface area contributed by atoms with Crippen LogP contribution in [-0.4, -0.2) is 19.2 Å². The van der Waals surface area contributed by atoms with E-state index in [9.17, 15) is 0 Å². The lowest BCUT2D eigenvalue weighted by molar-refractivity contribution is 0.356. The first kappa shape index (κ1) is 14.5. The van der Waals surface area contributed by atoms with Gasteiger partial charge in [-0.05, 0) is 23.3 Å². The molecule has 24 heavy (non-hydrogen) atoms. The molecule has 0 atom stereocenters. The van der Waals surface area contributed by atoms with Gasteiger partial charge in [-0.1, -0.05) is 48.5 Å². The van der Waals surface area contributed by atoms with E-state index in [1.165, 1.54) is 11.1 Å². The number of hydrogen-bond donors (Lipinski definition) is 0. The molecule has 0 saturated heterocycles. The molecule has 3 heteroatoms. The fourth-order valence-corrected chi connectivity index (χ4v) is 3.04. The summed E-state index contributed by atoms with van der Waals surface area (Å²) in [6.45, 7) is 0. The average molecular weight is 315 g/mol. The van der Waals surface area contributed by atoms with Crippen LogP contribution in [0.4, 0.5) is 0 Å². The lowest BCUT2D eigenvalue weighted by atomic mass is 10.1. The van der Waals surface area contributed by atoms with Crippen molar-refractivity contribution in [3.8, 4) is 33.9 Å². The fraction of sp³-hybridized carbons (Fsp3) is 0.0952. The quantitative estimate of drug-likeness (QED) is 0.532. The average Bonchev–Trinajstić information content (AvgIpc) is 2.88. The molecular formula is C21H17NO2. The molecule has 0 aliphatic heterocycles. The number of hydrogen-bond acceptors (Lipinski definition) is 3. The highest BCUT2D eigenvalue weighted by Crippen LogP contribution is 2.36. The zero-order chi connectivity index (χ0) is 16.5. The van der Waals surface area contributed by atoms with Crippen LogP contribution in [0.5, 0.6) is 11.5 Å². The summed E-state index contributed by atoms with van der Waals surface area (Å²) in [6, 6.07) is 22.6. The van der Waals surface area contributed by atoms with Crippen molar-refractivity contribution in [3.63, 3.8) is 0 Å². The number of methoxy groups -OCH3 is 2. The van der Waals surface area contributed by atoms with E-state index in [0.29, 0.717) is 11.5 Å². The zero-order valence-electron chi connectivity index (χ0n) is 13.6. The van der Waals surface area contributed by atoms with Crippen molar-refractivity contribution in [3.05, 3.63) is 66.7 Å². The Kier molecular flexibility index (Phi) is 3.54. The fourth-order valence-electron chi connectivity index (χ4n) is 3.04. The molecule has 0 spiro atoms. The first-order valence-electron chi connectivity index (χ1n) is 7.81. The van der Waals surface area contributed by atoms with E-state index >= 15 is 0 Å². The lowest BCUT2D eigenvalue weighted by Crippen LogP contribution is -1.92. The van der Waals surface area contributed by atoms with Crippen LogP contribution in [0.25, 0.3) is 33.3 Å². The van der Waals surface area contributed by atoms with Crippen LogP contribution in [0.2, 0.25) is 0 Å². The second kappa shape index (κ2) is 5.85. The van der Waals surface area contributed by atoms with E-state index in [2.05, 4.69) is 48.5 Å². The minimum Gasteiger partial charge on any atom is -0.493 e. The summed E-state index contributed by atoms with van der Waals surface area (Å²) in [5, 5.41) is 1.03. The maximum atomic E-state index is 5.39. The SMILES string of the molecule is COc1cc2ccc(-c3ccc4cccccc3-4)nc2cc1OC. The van der Waals surface area contributed by atoms with Gasteiger partial charge < -0.3 is 9.47 Å². The maximum absolute atomic E-state index is 5.39. The summed E-state index contributed by atoms with van der Waals surface area (Å²) in [5.74, 6) is 1.40. The van der Waals surface area contributed by atoms with Crippen molar-refractivity contribution in [1.82, 2.24) is 4.98 Å². The van der Waals surface area contributed by atoms with E-state index in [-0.39, 0.29) is 0 Å². The summed E-state index contributed by atoms with van der Waals surface area (Å²) in [6.07, 6.45) is 0. The van der Waals surface area contributed by atoms with Crippen LogP contribution in [0.15, 0.2) is 66.7 Å². The van der Waals surface area contributed by atoms with Gasteiger partial charge in [-0.2, -0.15) is 0 Å². The van der Waals surface area contributed by atoms with Crippen LogP contribution in [-0.2, 0) is 0 Å². The third-order valence-corrected chi connectivity index (χ3v) is 4.26. The Bertz CT molecular complexity index is 994. The first-order chi connectivity index (χ1) is 11.8. The molecule has 0 bridgehead atoms. The molecule has 3 nitrogen and oxygen atoms in total. The van der Waals surface area contributed by atoms with Crippen molar-refractivity contribution in [2.45, 2.75) is 0 Å². The topological polar surface area (TPSA) is 31.4 Å².